The molecule has 0 heterocycles. The first kappa shape index (κ1) is 21.4. The smallest absolute Gasteiger partial charge is 0.330 e. The van der Waals surface area contributed by atoms with E-state index in [1.165, 1.54) is 11.6 Å². The lowest BCUT2D eigenvalue weighted by molar-refractivity contribution is -0.137. The summed E-state index contributed by atoms with van der Waals surface area (Å²) in [5, 5.41) is 8.54. The zero-order chi connectivity index (χ0) is 20.0. The third-order valence-electron chi connectivity index (χ3n) is 4.14. The Bertz CT molecular complexity index is 752. The van der Waals surface area contributed by atoms with Crippen molar-refractivity contribution in [3.8, 4) is 5.75 Å². The van der Waals surface area contributed by atoms with Gasteiger partial charge in [0.2, 0.25) is 0 Å². The number of aryl methyl sites for hydroxylation is 1. The van der Waals surface area contributed by atoms with Crippen molar-refractivity contribution in [3.05, 3.63) is 66.7 Å². The van der Waals surface area contributed by atoms with Crippen LogP contribution in [0.3, 0.4) is 0 Å². The summed E-state index contributed by atoms with van der Waals surface area (Å²) >= 11 is 0. The maximum absolute atomic E-state index is 10.9. The first-order valence-electron chi connectivity index (χ1n) is 9.74. The first-order valence-corrected chi connectivity index (χ1v) is 9.74. The van der Waals surface area contributed by atoms with Crippen LogP contribution < -0.4 is 4.74 Å². The van der Waals surface area contributed by atoms with Gasteiger partial charge < -0.3 is 9.47 Å². The van der Waals surface area contributed by atoms with E-state index in [4.69, 9.17) is 9.47 Å². The van der Waals surface area contributed by atoms with Gasteiger partial charge in [0.15, 0.2) is 0 Å². The lowest BCUT2D eigenvalue weighted by atomic mass is 10.1. The minimum Gasteiger partial charge on any atom is -0.494 e. The third kappa shape index (κ3) is 8.16. The molecule has 0 N–H and O–H groups in total. The summed E-state index contributed by atoms with van der Waals surface area (Å²) in [5.74, 6) is 0.489. The fourth-order valence-electron chi connectivity index (χ4n) is 2.64. The second-order valence-corrected chi connectivity index (χ2v) is 6.33. The number of hydrogen-bond acceptors (Lipinski definition) is 5. The molecule has 0 aliphatic carbocycles. The number of benzene rings is 2. The Kier molecular flexibility index (Phi) is 9.49. The van der Waals surface area contributed by atoms with Crippen LogP contribution in [0, 0.1) is 0 Å². The second kappa shape index (κ2) is 12.4. The Morgan fingerprint density at radius 1 is 0.929 bits per heavy atom. The van der Waals surface area contributed by atoms with Crippen LogP contribution in [0.15, 0.2) is 71.4 Å². The topological polar surface area (TPSA) is 60.2 Å². The van der Waals surface area contributed by atoms with Crippen molar-refractivity contribution >= 4 is 17.3 Å². The molecule has 2 aromatic carbocycles. The zero-order valence-corrected chi connectivity index (χ0v) is 16.5. The molecule has 0 aliphatic rings. The van der Waals surface area contributed by atoms with Crippen LogP contribution >= 0.6 is 0 Å². The van der Waals surface area contributed by atoms with Crippen molar-refractivity contribution < 1.29 is 14.3 Å². The maximum atomic E-state index is 10.9. The molecule has 2 rings (SSSR count). The van der Waals surface area contributed by atoms with E-state index >= 15 is 0 Å². The van der Waals surface area contributed by atoms with Crippen LogP contribution in [-0.4, -0.2) is 19.2 Å². The summed E-state index contributed by atoms with van der Waals surface area (Å²) < 4.78 is 10.4. The number of carbonyl (C=O) groups excluding carboxylic acids is 1. The highest BCUT2D eigenvalue weighted by atomic mass is 16.5. The van der Waals surface area contributed by atoms with Gasteiger partial charge in [0.25, 0.3) is 0 Å². The van der Waals surface area contributed by atoms with E-state index in [1.54, 1.807) is 0 Å². The maximum Gasteiger partial charge on any atom is 0.330 e. The number of ether oxygens (including phenoxy) is 2. The number of carbonyl (C=O) groups is 1. The van der Waals surface area contributed by atoms with Gasteiger partial charge in [-0.3, -0.25) is 0 Å². The normalized spacial score (nSPS) is 10.8. The molecular weight excluding hydrogens is 352 g/mol. The van der Waals surface area contributed by atoms with E-state index in [-0.39, 0.29) is 5.97 Å². The summed E-state index contributed by atoms with van der Waals surface area (Å²) in [4.78, 5) is 10.9. The molecule has 5 heteroatoms. The number of esters is 1. The van der Waals surface area contributed by atoms with Crippen molar-refractivity contribution in [2.45, 2.75) is 39.0 Å². The Hall–Kier alpha value is -2.95. The molecule has 0 spiro atoms. The molecule has 0 atom stereocenters. The van der Waals surface area contributed by atoms with E-state index in [0.717, 1.165) is 49.2 Å². The largest absolute Gasteiger partial charge is 0.494 e. The van der Waals surface area contributed by atoms with E-state index in [2.05, 4.69) is 28.9 Å². The van der Waals surface area contributed by atoms with Gasteiger partial charge in [0.05, 0.1) is 24.6 Å². The SMILES string of the molecule is C=CC(=O)OCCCCCCc1ccc(N=Nc2ccc(OCC)cc2)cc1. The summed E-state index contributed by atoms with van der Waals surface area (Å²) in [7, 11) is 0. The molecule has 0 amide bonds. The van der Waals surface area contributed by atoms with Crippen LogP contribution in [0.4, 0.5) is 11.4 Å². The molecule has 148 valence electrons. The van der Waals surface area contributed by atoms with Gasteiger partial charge in [0, 0.05) is 6.08 Å². The molecule has 0 unspecified atom stereocenters. The van der Waals surface area contributed by atoms with Crippen molar-refractivity contribution in [1.82, 2.24) is 0 Å². The second-order valence-electron chi connectivity index (χ2n) is 6.33. The van der Waals surface area contributed by atoms with Crippen molar-refractivity contribution in [1.29, 1.82) is 0 Å². The van der Waals surface area contributed by atoms with Gasteiger partial charge in [-0.2, -0.15) is 10.2 Å². The highest BCUT2D eigenvalue weighted by Gasteiger charge is 1.98. The summed E-state index contributed by atoms with van der Waals surface area (Å²) in [6.07, 6.45) is 6.40. The lowest BCUT2D eigenvalue weighted by Gasteiger charge is -2.04. The van der Waals surface area contributed by atoms with E-state index in [1.807, 2.05) is 43.3 Å². The molecule has 28 heavy (non-hydrogen) atoms. The quantitative estimate of drug-likeness (QED) is 0.187. The van der Waals surface area contributed by atoms with E-state index in [0.29, 0.717) is 13.2 Å². The summed E-state index contributed by atoms with van der Waals surface area (Å²) in [5.41, 5.74) is 2.92. The molecule has 0 saturated heterocycles. The van der Waals surface area contributed by atoms with Crippen LogP contribution in [-0.2, 0) is 16.0 Å². The van der Waals surface area contributed by atoms with E-state index < -0.39 is 0 Å². The van der Waals surface area contributed by atoms with Crippen LogP contribution in [0.25, 0.3) is 0 Å². The fourth-order valence-corrected chi connectivity index (χ4v) is 2.64. The van der Waals surface area contributed by atoms with Gasteiger partial charge in [0.1, 0.15) is 5.75 Å². The van der Waals surface area contributed by atoms with Gasteiger partial charge in [-0.15, -0.1) is 0 Å². The lowest BCUT2D eigenvalue weighted by Crippen LogP contribution is -2.01. The molecule has 0 radical (unpaired) electrons. The molecular formula is C23H28N2O3. The standard InChI is InChI=1S/C23H28N2O3/c1-3-23(26)28-18-8-6-5-7-9-19-10-12-20(13-11-19)24-25-21-14-16-22(17-15-21)27-4-2/h3,10-17H,1,4-9,18H2,2H3. The van der Waals surface area contributed by atoms with Gasteiger partial charge in [-0.25, -0.2) is 4.79 Å². The molecule has 0 saturated carbocycles. The van der Waals surface area contributed by atoms with Gasteiger partial charge in [-0.05, 0) is 68.1 Å². The predicted octanol–water partition coefficient (Wildman–Crippen LogP) is 6.33. The summed E-state index contributed by atoms with van der Waals surface area (Å²) in [6.45, 7) is 6.45. The predicted molar refractivity (Wildman–Crippen MR) is 112 cm³/mol. The minimum atomic E-state index is -0.347. The van der Waals surface area contributed by atoms with Crippen molar-refractivity contribution in [2.75, 3.05) is 13.2 Å². The third-order valence-corrected chi connectivity index (χ3v) is 4.14. The molecule has 0 bridgehead atoms. The number of unbranched alkanes of at least 4 members (excludes halogenated alkanes) is 3. The molecule has 0 aliphatic heterocycles. The zero-order valence-electron chi connectivity index (χ0n) is 16.5. The Morgan fingerprint density at radius 3 is 2.14 bits per heavy atom. The average molecular weight is 380 g/mol. The van der Waals surface area contributed by atoms with Crippen LogP contribution in [0.2, 0.25) is 0 Å². The molecule has 0 aromatic heterocycles. The van der Waals surface area contributed by atoms with Gasteiger partial charge in [-0.1, -0.05) is 31.6 Å². The monoisotopic (exact) mass is 380 g/mol. The van der Waals surface area contributed by atoms with Gasteiger partial charge >= 0.3 is 5.97 Å². The van der Waals surface area contributed by atoms with Crippen molar-refractivity contribution in [2.24, 2.45) is 10.2 Å². The Balaban J connectivity index is 1.68. The molecule has 0 fully saturated rings. The molecule has 2 aromatic rings. The number of nitrogens with zero attached hydrogens (tertiary/aromatic N) is 2. The fraction of sp³-hybridized carbons (Fsp3) is 0.348. The molecule has 5 nitrogen and oxygen atoms in total. The highest BCUT2D eigenvalue weighted by Crippen LogP contribution is 2.22. The highest BCUT2D eigenvalue weighted by molar-refractivity contribution is 5.81. The van der Waals surface area contributed by atoms with Crippen LogP contribution in [0.1, 0.15) is 38.2 Å². The van der Waals surface area contributed by atoms with E-state index in [9.17, 15) is 4.79 Å². The minimum absolute atomic E-state index is 0.347. The first-order chi connectivity index (χ1) is 13.7. The van der Waals surface area contributed by atoms with Crippen molar-refractivity contribution in [3.63, 3.8) is 0 Å². The summed E-state index contributed by atoms with van der Waals surface area (Å²) in [6, 6.07) is 15.7. The number of azo groups is 1. The number of rotatable bonds is 12. The number of hydrogen-bond donors (Lipinski definition) is 0. The van der Waals surface area contributed by atoms with Crippen LogP contribution in [0.5, 0.6) is 5.75 Å². The average Bonchev–Trinajstić information content (AvgIpc) is 2.73. The Labute approximate surface area is 167 Å². The Morgan fingerprint density at radius 2 is 1.54 bits per heavy atom.